The molecule has 1 aromatic heterocycles. The van der Waals surface area contributed by atoms with Crippen LogP contribution in [0.4, 0.5) is 5.82 Å². The summed E-state index contributed by atoms with van der Waals surface area (Å²) in [6.45, 7) is -0.473. The molecule has 0 bridgehead atoms. The van der Waals surface area contributed by atoms with Gasteiger partial charge in [-0.3, -0.25) is 0 Å². The van der Waals surface area contributed by atoms with Gasteiger partial charge >= 0.3 is 5.82 Å². The second-order valence-electron chi connectivity index (χ2n) is 4.13. The third-order valence-electron chi connectivity index (χ3n) is 2.86. The molecule has 106 valence electrons. The van der Waals surface area contributed by atoms with Crippen molar-refractivity contribution < 1.29 is 10.0 Å². The van der Waals surface area contributed by atoms with Crippen LogP contribution in [0.15, 0.2) is 47.6 Å². The zero-order chi connectivity index (χ0) is 15.2. The summed E-state index contributed by atoms with van der Waals surface area (Å²) in [5.74, 6) is -0.342. The van der Waals surface area contributed by atoms with E-state index in [1.807, 2.05) is 0 Å². The Labute approximate surface area is 119 Å². The zero-order valence-electron chi connectivity index (χ0n) is 10.8. The van der Waals surface area contributed by atoms with Gasteiger partial charge in [-0.15, -0.1) is 0 Å². The van der Waals surface area contributed by atoms with Crippen LogP contribution in [-0.2, 0) is 0 Å². The van der Waals surface area contributed by atoms with E-state index < -0.39 is 17.6 Å². The maximum Gasteiger partial charge on any atom is 0.371 e. The van der Waals surface area contributed by atoms with Crippen LogP contribution in [-0.4, -0.2) is 21.6 Å². The average molecular weight is 285 g/mol. The highest BCUT2D eigenvalue weighted by molar-refractivity contribution is 5.71. The molecule has 1 N–H and O–H groups in total. The number of pyridine rings is 1. The smallest absolute Gasteiger partial charge is 0.371 e. The van der Waals surface area contributed by atoms with E-state index in [1.54, 1.807) is 30.3 Å². The Bertz CT molecular complexity index is 698. The van der Waals surface area contributed by atoms with Crippen molar-refractivity contribution in [3.8, 4) is 11.1 Å². The maximum atomic E-state index is 11.2. The minimum absolute atomic E-state index is 0.154. The van der Waals surface area contributed by atoms with Crippen molar-refractivity contribution >= 4 is 5.82 Å². The van der Waals surface area contributed by atoms with Gasteiger partial charge in [-0.1, -0.05) is 35.4 Å². The second kappa shape index (κ2) is 6.47. The third-order valence-corrected chi connectivity index (χ3v) is 2.86. The summed E-state index contributed by atoms with van der Waals surface area (Å²) in [6.07, 6.45) is 0. The summed E-state index contributed by atoms with van der Waals surface area (Å²) >= 11 is 0. The van der Waals surface area contributed by atoms with Gasteiger partial charge in [-0.25, -0.2) is 0 Å². The van der Waals surface area contributed by atoms with Gasteiger partial charge in [0.1, 0.15) is 6.04 Å². The molecule has 1 heterocycles. The number of azide groups is 1. The Kier molecular flexibility index (Phi) is 4.45. The molecule has 8 nitrogen and oxygen atoms in total. The first kappa shape index (κ1) is 14.4. The largest absolute Gasteiger partial charge is 0.395 e. The summed E-state index contributed by atoms with van der Waals surface area (Å²) in [7, 11) is 0. The average Bonchev–Trinajstić information content (AvgIpc) is 2.53. The van der Waals surface area contributed by atoms with Gasteiger partial charge in [0, 0.05) is 4.91 Å². The first-order valence-electron chi connectivity index (χ1n) is 6.03. The van der Waals surface area contributed by atoms with Gasteiger partial charge < -0.3 is 15.2 Å². The lowest BCUT2D eigenvalue weighted by Gasteiger charge is -2.06. The van der Waals surface area contributed by atoms with Crippen molar-refractivity contribution in [3.63, 3.8) is 0 Å². The van der Waals surface area contributed by atoms with Crippen LogP contribution in [0.1, 0.15) is 11.7 Å². The van der Waals surface area contributed by atoms with Crippen LogP contribution in [0.5, 0.6) is 0 Å². The first-order chi connectivity index (χ1) is 10.2. The summed E-state index contributed by atoms with van der Waals surface area (Å²) in [5.41, 5.74) is 9.60. The van der Waals surface area contributed by atoms with E-state index in [9.17, 15) is 10.1 Å². The number of hydrogen-bond acceptors (Lipinski definition) is 5. The zero-order valence-corrected chi connectivity index (χ0v) is 10.8. The Morgan fingerprint density at radius 3 is 2.62 bits per heavy atom. The third kappa shape index (κ3) is 3.14. The molecule has 0 radical (unpaired) electrons. The van der Waals surface area contributed by atoms with Gasteiger partial charge in [-0.05, 0) is 33.1 Å². The normalized spacial score (nSPS) is 11.5. The highest BCUT2D eigenvalue weighted by Crippen LogP contribution is 2.30. The predicted molar refractivity (Wildman–Crippen MR) is 75.3 cm³/mol. The van der Waals surface area contributed by atoms with Crippen molar-refractivity contribution in [2.24, 2.45) is 5.11 Å². The Morgan fingerprint density at radius 2 is 2.05 bits per heavy atom. The lowest BCUT2D eigenvalue weighted by molar-refractivity contribution is -0.388. The number of aliphatic hydroxyl groups is 1. The number of aromatic nitrogens is 1. The molecule has 2 aromatic rings. The monoisotopic (exact) mass is 285 g/mol. The van der Waals surface area contributed by atoms with E-state index in [4.69, 9.17) is 10.6 Å². The quantitative estimate of drug-likeness (QED) is 0.298. The van der Waals surface area contributed by atoms with E-state index in [0.29, 0.717) is 11.1 Å². The summed E-state index contributed by atoms with van der Waals surface area (Å²) in [6, 6.07) is 10.9. The van der Waals surface area contributed by atoms with E-state index in [2.05, 4.69) is 15.0 Å². The van der Waals surface area contributed by atoms with Gasteiger partial charge in [0.2, 0.25) is 0 Å². The maximum absolute atomic E-state index is 11.2. The molecule has 8 heteroatoms. The van der Waals surface area contributed by atoms with E-state index in [1.165, 1.54) is 12.1 Å². The molecule has 1 unspecified atom stereocenters. The number of aliphatic hydroxyl groups excluding tert-OH is 1. The molecular formula is C13H11N5O3. The summed E-state index contributed by atoms with van der Waals surface area (Å²) in [4.78, 5) is 17.1. The molecular weight excluding hydrogens is 274 g/mol. The SMILES string of the molecule is [N-]=[N+]=NC(CO)c1ccc(-c2ccccc2)c([N+](=O)[O-])n1. The number of hydrogen-bond donors (Lipinski definition) is 1. The molecule has 0 amide bonds. The van der Waals surface area contributed by atoms with E-state index >= 15 is 0 Å². The Morgan fingerprint density at radius 1 is 1.33 bits per heavy atom. The molecule has 0 fully saturated rings. The van der Waals surface area contributed by atoms with Crippen molar-refractivity contribution in [3.05, 3.63) is 68.7 Å². The standard InChI is InChI=1S/C13H11N5O3/c14-17-16-12(8-19)11-7-6-10(13(15-11)18(20)21)9-4-2-1-3-5-9/h1-7,12,19H,8H2. The van der Waals surface area contributed by atoms with Gasteiger partial charge in [0.15, 0.2) is 5.69 Å². The van der Waals surface area contributed by atoms with Crippen LogP contribution in [0.2, 0.25) is 0 Å². The fourth-order valence-electron chi connectivity index (χ4n) is 1.88. The highest BCUT2D eigenvalue weighted by atomic mass is 16.6. The number of benzene rings is 1. The molecule has 2 rings (SSSR count). The minimum atomic E-state index is -0.946. The Balaban J connectivity index is 2.55. The fraction of sp³-hybridized carbons (Fsp3) is 0.154. The van der Waals surface area contributed by atoms with Crippen LogP contribution in [0.3, 0.4) is 0 Å². The fourth-order valence-corrected chi connectivity index (χ4v) is 1.88. The number of rotatable bonds is 5. The van der Waals surface area contributed by atoms with E-state index in [0.717, 1.165) is 0 Å². The Hall–Kier alpha value is -2.96. The minimum Gasteiger partial charge on any atom is -0.395 e. The van der Waals surface area contributed by atoms with Crippen molar-refractivity contribution in [1.82, 2.24) is 4.98 Å². The second-order valence-corrected chi connectivity index (χ2v) is 4.13. The molecule has 21 heavy (non-hydrogen) atoms. The van der Waals surface area contributed by atoms with Crippen LogP contribution in [0, 0.1) is 10.1 Å². The van der Waals surface area contributed by atoms with Crippen molar-refractivity contribution in [1.29, 1.82) is 0 Å². The number of nitrogens with zero attached hydrogens (tertiary/aromatic N) is 5. The van der Waals surface area contributed by atoms with Gasteiger partial charge in [0.05, 0.1) is 12.2 Å². The van der Waals surface area contributed by atoms with Crippen LogP contribution >= 0.6 is 0 Å². The summed E-state index contributed by atoms with van der Waals surface area (Å²) < 4.78 is 0. The predicted octanol–water partition coefficient (Wildman–Crippen LogP) is 3.00. The molecule has 0 saturated heterocycles. The van der Waals surface area contributed by atoms with Crippen LogP contribution < -0.4 is 0 Å². The number of nitro groups is 1. The molecule has 0 saturated carbocycles. The molecule has 0 aliphatic heterocycles. The van der Waals surface area contributed by atoms with Crippen molar-refractivity contribution in [2.45, 2.75) is 6.04 Å². The molecule has 0 aliphatic rings. The topological polar surface area (TPSA) is 125 Å². The lowest BCUT2D eigenvalue weighted by Crippen LogP contribution is -2.05. The summed E-state index contributed by atoms with van der Waals surface area (Å²) in [5, 5.41) is 23.7. The van der Waals surface area contributed by atoms with Gasteiger partial charge in [-0.2, -0.15) is 0 Å². The molecule has 1 atom stereocenters. The van der Waals surface area contributed by atoms with Crippen LogP contribution in [0.25, 0.3) is 21.6 Å². The molecule has 0 spiro atoms. The van der Waals surface area contributed by atoms with Gasteiger partial charge in [0.25, 0.3) is 0 Å². The van der Waals surface area contributed by atoms with E-state index in [-0.39, 0.29) is 11.5 Å². The lowest BCUT2D eigenvalue weighted by atomic mass is 10.1. The highest BCUT2D eigenvalue weighted by Gasteiger charge is 2.22. The molecule has 1 aromatic carbocycles. The first-order valence-corrected chi connectivity index (χ1v) is 6.03. The molecule has 0 aliphatic carbocycles. The van der Waals surface area contributed by atoms with Crippen molar-refractivity contribution in [2.75, 3.05) is 6.61 Å².